The van der Waals surface area contributed by atoms with Crippen molar-refractivity contribution in [1.82, 2.24) is 39.1 Å². The smallest absolute Gasteiger partial charge is 0.329 e. The van der Waals surface area contributed by atoms with Crippen LogP contribution < -0.4 is 21.1 Å². The Morgan fingerprint density at radius 1 is 1.04 bits per heavy atom. The number of nitrogens with zero attached hydrogens (tertiary/aromatic N) is 7. The number of piperidine rings is 2. The van der Waals surface area contributed by atoms with Gasteiger partial charge in [0.2, 0.25) is 17.7 Å². The number of methoxy groups -OCH3 is 1. The van der Waals surface area contributed by atoms with E-state index in [1.165, 1.54) is 16.2 Å². The zero-order valence-corrected chi connectivity index (χ0v) is 30.9. The minimum atomic E-state index is -3.05. The lowest BCUT2D eigenvalue weighted by atomic mass is 9.83. The molecule has 2 saturated heterocycles. The second-order valence-electron chi connectivity index (χ2n) is 15.1. The summed E-state index contributed by atoms with van der Waals surface area (Å²) in [5.41, 5.74) is 2.33. The Balaban J connectivity index is 0.916. The highest BCUT2D eigenvalue weighted by atomic mass is 19.3. The highest BCUT2D eigenvalue weighted by Gasteiger charge is 2.47. The first kappa shape index (κ1) is 36.5. The van der Waals surface area contributed by atoms with Crippen LogP contribution in [-0.4, -0.2) is 84.2 Å². The summed E-state index contributed by atoms with van der Waals surface area (Å²) >= 11 is 0. The van der Waals surface area contributed by atoms with E-state index in [9.17, 15) is 19.2 Å². The van der Waals surface area contributed by atoms with Gasteiger partial charge in [-0.25, -0.2) is 18.6 Å². The summed E-state index contributed by atoms with van der Waals surface area (Å²) in [5, 5.41) is 10.7. The fourth-order valence-corrected chi connectivity index (χ4v) is 8.75. The standard InChI is InChI=1S/C39H43F2N9O5/c1-22-6-4-8-28(42-22)35(52)43-31-18-24-20-49(46-33(24)37(44-31)55-3)25-12-10-23(11-13-25)19-48-17-16-27(39(40,41)21-48)26-7-5-9-29-34(26)47(2)38(54)50(29)30-14-15-32(51)45-36(30)53/h4-9,18,20,23,25,27,30H,10-17,19,21H2,1-3H3,(H,43,52)(H,45,51,53)/t23-,25-,27?,30?. The van der Waals surface area contributed by atoms with Crippen LogP contribution in [0.4, 0.5) is 14.6 Å². The van der Waals surface area contributed by atoms with Gasteiger partial charge in [0, 0.05) is 37.3 Å². The Labute approximate surface area is 314 Å². The number of para-hydroxylation sites is 1. The molecule has 3 amide bonds. The zero-order valence-electron chi connectivity index (χ0n) is 30.9. The number of fused-ring (bicyclic) bond motifs is 2. The van der Waals surface area contributed by atoms with Gasteiger partial charge in [-0.2, -0.15) is 10.1 Å². The van der Waals surface area contributed by atoms with Crippen molar-refractivity contribution in [3.05, 3.63) is 76.1 Å². The number of hydrogen-bond donors (Lipinski definition) is 2. The van der Waals surface area contributed by atoms with Crippen LogP contribution in [0.25, 0.3) is 21.9 Å². The maximum atomic E-state index is 16.1. The minimum absolute atomic E-state index is 0.0984. The van der Waals surface area contributed by atoms with E-state index in [0.717, 1.165) is 36.8 Å². The van der Waals surface area contributed by atoms with Gasteiger partial charge in [0.15, 0.2) is 5.52 Å². The first-order valence-corrected chi connectivity index (χ1v) is 18.7. The normalized spacial score (nSPS) is 23.2. The van der Waals surface area contributed by atoms with E-state index in [-0.39, 0.29) is 49.4 Å². The van der Waals surface area contributed by atoms with Gasteiger partial charge >= 0.3 is 5.69 Å². The van der Waals surface area contributed by atoms with Gasteiger partial charge in [0.05, 0.1) is 36.6 Å². The highest BCUT2D eigenvalue weighted by molar-refractivity contribution is 6.03. The van der Waals surface area contributed by atoms with Crippen LogP contribution in [0, 0.1) is 12.8 Å². The summed E-state index contributed by atoms with van der Waals surface area (Å²) < 4.78 is 42.4. The summed E-state index contributed by atoms with van der Waals surface area (Å²) in [5.74, 6) is -4.60. The lowest BCUT2D eigenvalue weighted by Crippen LogP contribution is -2.49. The number of carbonyl (C=O) groups is 3. The van der Waals surface area contributed by atoms with E-state index in [1.807, 2.05) is 28.8 Å². The molecule has 3 aliphatic rings. The maximum absolute atomic E-state index is 16.1. The number of aromatic nitrogens is 6. The van der Waals surface area contributed by atoms with Crippen molar-refractivity contribution in [2.24, 2.45) is 13.0 Å². The first-order chi connectivity index (χ1) is 26.4. The quantitative estimate of drug-likeness (QED) is 0.211. The number of amides is 3. The molecule has 8 rings (SSSR count). The minimum Gasteiger partial charge on any atom is -0.479 e. The second kappa shape index (κ2) is 14.3. The topological polar surface area (TPSA) is 158 Å². The molecule has 2 atom stereocenters. The van der Waals surface area contributed by atoms with E-state index >= 15 is 8.78 Å². The van der Waals surface area contributed by atoms with Crippen LogP contribution in [0.2, 0.25) is 0 Å². The Morgan fingerprint density at radius 2 is 1.82 bits per heavy atom. The number of rotatable bonds is 8. The van der Waals surface area contributed by atoms with Crippen molar-refractivity contribution >= 4 is 45.5 Å². The Bertz CT molecular complexity index is 2380. The number of aryl methyl sites for hydroxylation is 2. The lowest BCUT2D eigenvalue weighted by molar-refractivity contribution is -0.135. The van der Waals surface area contributed by atoms with Crippen LogP contribution in [0.5, 0.6) is 5.88 Å². The van der Waals surface area contributed by atoms with E-state index in [0.29, 0.717) is 46.9 Å². The number of alkyl halides is 2. The molecule has 6 heterocycles. The fraction of sp³-hybridized carbons (Fsp3) is 0.462. The molecule has 16 heteroatoms. The van der Waals surface area contributed by atoms with Gasteiger partial charge in [-0.1, -0.05) is 18.2 Å². The molecule has 0 spiro atoms. The number of carbonyl (C=O) groups excluding carboxylic acids is 3. The van der Waals surface area contributed by atoms with Crippen molar-refractivity contribution in [1.29, 1.82) is 0 Å². The fourth-order valence-electron chi connectivity index (χ4n) is 8.75. The predicted octanol–water partition coefficient (Wildman–Crippen LogP) is 4.88. The van der Waals surface area contributed by atoms with Gasteiger partial charge in [0.25, 0.3) is 11.8 Å². The molecule has 5 aromatic rings. The van der Waals surface area contributed by atoms with Crippen LogP contribution in [0.15, 0.2) is 53.5 Å². The molecular formula is C39H43F2N9O5. The summed E-state index contributed by atoms with van der Waals surface area (Å²) in [6.45, 7) is 2.50. The van der Waals surface area contributed by atoms with E-state index < -0.39 is 35.4 Å². The summed E-state index contributed by atoms with van der Waals surface area (Å²) in [4.78, 5) is 61.3. The number of benzene rings is 1. The van der Waals surface area contributed by atoms with Crippen molar-refractivity contribution in [3.8, 4) is 5.88 Å². The number of halogens is 2. The molecule has 0 radical (unpaired) electrons. The number of hydrogen-bond acceptors (Lipinski definition) is 9. The third-order valence-electron chi connectivity index (χ3n) is 11.4. The van der Waals surface area contributed by atoms with Crippen LogP contribution in [0.3, 0.4) is 0 Å². The van der Waals surface area contributed by atoms with Gasteiger partial charge < -0.3 is 10.1 Å². The van der Waals surface area contributed by atoms with E-state index in [1.54, 1.807) is 43.4 Å². The molecule has 288 valence electrons. The summed E-state index contributed by atoms with van der Waals surface area (Å²) in [6, 6.07) is 11.2. The van der Waals surface area contributed by atoms with Crippen molar-refractivity contribution in [2.75, 3.05) is 32.1 Å². The number of imide groups is 1. The Hall–Kier alpha value is -5.51. The molecule has 1 aliphatic carbocycles. The average molecular weight is 756 g/mol. The Kier molecular flexibility index (Phi) is 9.47. The third kappa shape index (κ3) is 6.87. The lowest BCUT2D eigenvalue weighted by Gasteiger charge is -2.41. The average Bonchev–Trinajstić information content (AvgIpc) is 3.69. The van der Waals surface area contributed by atoms with Crippen molar-refractivity contribution < 1.29 is 27.9 Å². The van der Waals surface area contributed by atoms with Gasteiger partial charge in [0.1, 0.15) is 17.6 Å². The van der Waals surface area contributed by atoms with E-state index in [2.05, 4.69) is 20.6 Å². The molecule has 0 bridgehead atoms. The molecule has 2 aliphatic heterocycles. The van der Waals surface area contributed by atoms with Crippen LogP contribution in [0.1, 0.15) is 84.7 Å². The summed E-state index contributed by atoms with van der Waals surface area (Å²) in [7, 11) is 3.05. The van der Waals surface area contributed by atoms with Crippen molar-refractivity contribution in [3.63, 3.8) is 0 Å². The second-order valence-corrected chi connectivity index (χ2v) is 15.1. The number of ether oxygens (including phenoxy) is 1. The first-order valence-electron chi connectivity index (χ1n) is 18.7. The van der Waals surface area contributed by atoms with Gasteiger partial charge in [-0.15, -0.1) is 0 Å². The maximum Gasteiger partial charge on any atom is 0.329 e. The van der Waals surface area contributed by atoms with Gasteiger partial charge in [-0.05, 0) is 87.7 Å². The molecule has 55 heavy (non-hydrogen) atoms. The van der Waals surface area contributed by atoms with Crippen molar-refractivity contribution in [2.45, 2.75) is 75.8 Å². The molecule has 2 unspecified atom stereocenters. The monoisotopic (exact) mass is 755 g/mol. The van der Waals surface area contributed by atoms with Gasteiger partial charge in [-0.3, -0.25) is 38.4 Å². The zero-order chi connectivity index (χ0) is 38.6. The number of pyridine rings is 2. The van der Waals surface area contributed by atoms with Crippen LogP contribution >= 0.6 is 0 Å². The largest absolute Gasteiger partial charge is 0.479 e. The Morgan fingerprint density at radius 3 is 2.55 bits per heavy atom. The SMILES string of the molecule is COc1nc(NC(=O)c2cccc(C)n2)cc2cn([C@H]3CC[C@H](CN4CCC(c5cccc6c5n(C)c(=O)n6C5CCC(=O)NC5=O)C(F)(F)C4)CC3)nc12. The molecule has 4 aromatic heterocycles. The number of imidazole rings is 1. The molecule has 1 saturated carbocycles. The third-order valence-corrected chi connectivity index (χ3v) is 11.4. The highest BCUT2D eigenvalue weighted by Crippen LogP contribution is 2.44. The molecular weight excluding hydrogens is 712 g/mol. The number of nitrogens with one attached hydrogen (secondary N) is 2. The van der Waals surface area contributed by atoms with E-state index in [4.69, 9.17) is 9.84 Å². The number of likely N-dealkylation sites (tertiary alicyclic amines) is 1. The molecule has 2 N–H and O–H groups in total. The summed E-state index contributed by atoms with van der Waals surface area (Å²) in [6.07, 6.45) is 5.83. The number of anilines is 1. The molecule has 14 nitrogen and oxygen atoms in total. The molecule has 1 aromatic carbocycles. The van der Waals surface area contributed by atoms with Crippen LogP contribution in [-0.2, 0) is 16.6 Å². The predicted molar refractivity (Wildman–Crippen MR) is 199 cm³/mol. The molecule has 3 fully saturated rings.